The molecule has 1 aromatic carbocycles. The molecule has 0 atom stereocenters. The van der Waals surface area contributed by atoms with E-state index in [9.17, 15) is 8.42 Å². The Morgan fingerprint density at radius 1 is 1.35 bits per heavy atom. The zero-order valence-corrected chi connectivity index (χ0v) is 13.6. The molecule has 1 aromatic heterocycles. The molecule has 0 saturated carbocycles. The summed E-state index contributed by atoms with van der Waals surface area (Å²) in [5.74, 6) is 0. The average Bonchev–Trinajstić information content (AvgIpc) is 2.88. The van der Waals surface area contributed by atoms with Crippen molar-refractivity contribution in [3.63, 3.8) is 0 Å². The topological polar surface area (TPSA) is 90.0 Å². The van der Waals surface area contributed by atoms with Crippen molar-refractivity contribution in [2.75, 3.05) is 11.3 Å². The van der Waals surface area contributed by atoms with Crippen molar-refractivity contribution >= 4 is 38.3 Å². The molecule has 0 amide bonds. The molecule has 0 aliphatic carbocycles. The number of nitrogens with two attached hydrogens (primary N) is 1. The third-order valence-corrected chi connectivity index (χ3v) is 4.89. The van der Waals surface area contributed by atoms with Crippen LogP contribution in [0.5, 0.6) is 0 Å². The van der Waals surface area contributed by atoms with E-state index in [1.807, 2.05) is 12.1 Å². The summed E-state index contributed by atoms with van der Waals surface area (Å²) in [6.07, 6.45) is 3.60. The van der Waals surface area contributed by atoms with Gasteiger partial charge < -0.3 is 5.73 Å². The van der Waals surface area contributed by atoms with Crippen LogP contribution in [0.1, 0.15) is 6.42 Å². The number of hydrogen-bond donors (Lipinski definition) is 2. The number of nitrogens with one attached hydrogen (secondary N) is 1. The van der Waals surface area contributed by atoms with E-state index in [2.05, 4.69) is 32.4 Å². The molecule has 0 fully saturated rings. The first-order valence-electron chi connectivity index (χ1n) is 6.03. The van der Waals surface area contributed by atoms with Gasteiger partial charge in [0.25, 0.3) is 10.0 Å². The Morgan fingerprint density at radius 3 is 2.80 bits per heavy atom. The number of nitrogens with zero attached hydrogens (tertiary/aromatic N) is 2. The zero-order valence-electron chi connectivity index (χ0n) is 10.7. The van der Waals surface area contributed by atoms with Gasteiger partial charge in [-0.3, -0.25) is 9.40 Å². The van der Waals surface area contributed by atoms with E-state index in [0.29, 0.717) is 18.8 Å². The third kappa shape index (κ3) is 3.70. The number of aryl methyl sites for hydroxylation is 1. The number of rotatable bonds is 6. The van der Waals surface area contributed by atoms with Crippen molar-refractivity contribution in [2.24, 2.45) is 5.73 Å². The minimum Gasteiger partial charge on any atom is -0.330 e. The molecule has 8 heteroatoms. The van der Waals surface area contributed by atoms with Crippen LogP contribution in [0, 0.1) is 3.57 Å². The van der Waals surface area contributed by atoms with Gasteiger partial charge in [-0.1, -0.05) is 12.1 Å². The summed E-state index contributed by atoms with van der Waals surface area (Å²) >= 11 is 2.08. The average molecular weight is 406 g/mol. The summed E-state index contributed by atoms with van der Waals surface area (Å²) in [5, 5.41) is 4.02. The molecule has 108 valence electrons. The van der Waals surface area contributed by atoms with Crippen LogP contribution in [-0.4, -0.2) is 24.7 Å². The smallest absolute Gasteiger partial charge is 0.265 e. The van der Waals surface area contributed by atoms with E-state index in [1.165, 1.54) is 12.4 Å². The molecular weight excluding hydrogens is 391 g/mol. The molecule has 1 heterocycles. The monoisotopic (exact) mass is 406 g/mol. The Morgan fingerprint density at radius 2 is 2.10 bits per heavy atom. The minimum absolute atomic E-state index is 0.147. The standard InChI is InChI=1S/C12H15IN4O2S/c13-11-4-1-2-5-12(11)16-20(18,19)10-8-15-17(9-10)7-3-6-14/h1-2,4-5,8-9,16H,3,6-7,14H2. The Kier molecular flexibility index (Phi) is 5.00. The summed E-state index contributed by atoms with van der Waals surface area (Å²) in [6.45, 7) is 1.15. The molecule has 0 unspecified atom stereocenters. The van der Waals surface area contributed by atoms with Gasteiger partial charge in [0.1, 0.15) is 4.90 Å². The van der Waals surface area contributed by atoms with E-state index in [1.54, 1.807) is 16.8 Å². The Bertz CT molecular complexity index is 684. The lowest BCUT2D eigenvalue weighted by Gasteiger charge is -2.07. The fourth-order valence-electron chi connectivity index (χ4n) is 1.61. The predicted molar refractivity (Wildman–Crippen MR) is 85.9 cm³/mol. The number of benzene rings is 1. The molecule has 3 N–H and O–H groups in total. The van der Waals surface area contributed by atoms with Crippen LogP contribution in [0.2, 0.25) is 0 Å². The molecule has 2 aromatic rings. The van der Waals surface area contributed by atoms with Crippen LogP contribution in [0.25, 0.3) is 0 Å². The summed E-state index contributed by atoms with van der Waals surface area (Å²) in [7, 11) is -3.61. The summed E-state index contributed by atoms with van der Waals surface area (Å²) < 4.78 is 29.5. The molecule has 0 bridgehead atoms. The van der Waals surface area contributed by atoms with Crippen molar-refractivity contribution in [2.45, 2.75) is 17.9 Å². The zero-order chi connectivity index (χ0) is 14.6. The van der Waals surface area contributed by atoms with E-state index >= 15 is 0 Å². The number of anilines is 1. The summed E-state index contributed by atoms with van der Waals surface area (Å²) in [6, 6.07) is 7.19. The van der Waals surface area contributed by atoms with Gasteiger partial charge in [0, 0.05) is 16.3 Å². The number of sulfonamides is 1. The summed E-state index contributed by atoms with van der Waals surface area (Å²) in [5.41, 5.74) is 5.97. The highest BCUT2D eigenvalue weighted by atomic mass is 127. The highest BCUT2D eigenvalue weighted by molar-refractivity contribution is 14.1. The van der Waals surface area contributed by atoms with Crippen molar-refractivity contribution in [3.05, 3.63) is 40.2 Å². The Balaban J connectivity index is 2.18. The van der Waals surface area contributed by atoms with Crippen molar-refractivity contribution in [1.82, 2.24) is 9.78 Å². The van der Waals surface area contributed by atoms with Gasteiger partial charge in [-0.05, 0) is 47.7 Å². The highest BCUT2D eigenvalue weighted by Gasteiger charge is 2.17. The normalized spacial score (nSPS) is 11.5. The maximum absolute atomic E-state index is 12.2. The molecule has 0 radical (unpaired) electrons. The van der Waals surface area contributed by atoms with Crippen LogP contribution in [0.4, 0.5) is 5.69 Å². The van der Waals surface area contributed by atoms with Crippen LogP contribution in [-0.2, 0) is 16.6 Å². The van der Waals surface area contributed by atoms with Gasteiger partial charge >= 0.3 is 0 Å². The Labute approximate surface area is 131 Å². The molecule has 0 aliphatic heterocycles. The highest BCUT2D eigenvalue weighted by Crippen LogP contribution is 2.21. The lowest BCUT2D eigenvalue weighted by Crippen LogP contribution is -2.13. The second-order valence-electron chi connectivity index (χ2n) is 4.17. The number of para-hydroxylation sites is 1. The molecule has 0 aliphatic rings. The first-order chi connectivity index (χ1) is 9.53. The number of hydrogen-bond acceptors (Lipinski definition) is 4. The largest absolute Gasteiger partial charge is 0.330 e. The second-order valence-corrected chi connectivity index (χ2v) is 7.01. The van der Waals surface area contributed by atoms with E-state index in [4.69, 9.17) is 5.73 Å². The minimum atomic E-state index is -3.61. The summed E-state index contributed by atoms with van der Waals surface area (Å²) in [4.78, 5) is 0.147. The molecule has 2 rings (SSSR count). The SMILES string of the molecule is NCCCn1cc(S(=O)(=O)Nc2ccccc2I)cn1. The van der Waals surface area contributed by atoms with Crippen molar-refractivity contribution in [3.8, 4) is 0 Å². The van der Waals surface area contributed by atoms with E-state index < -0.39 is 10.0 Å². The second kappa shape index (κ2) is 6.55. The fraction of sp³-hybridized carbons (Fsp3) is 0.250. The lowest BCUT2D eigenvalue weighted by atomic mass is 10.3. The van der Waals surface area contributed by atoms with Gasteiger partial charge in [-0.15, -0.1) is 0 Å². The Hall–Kier alpha value is -1.13. The van der Waals surface area contributed by atoms with Crippen LogP contribution < -0.4 is 10.5 Å². The molecule has 20 heavy (non-hydrogen) atoms. The number of halogens is 1. The lowest BCUT2D eigenvalue weighted by molar-refractivity contribution is 0.582. The molecule has 0 saturated heterocycles. The number of aromatic nitrogens is 2. The van der Waals surface area contributed by atoms with Crippen LogP contribution in [0.15, 0.2) is 41.6 Å². The van der Waals surface area contributed by atoms with E-state index in [0.717, 1.165) is 9.99 Å². The first kappa shape index (κ1) is 15.3. The predicted octanol–water partition coefficient (Wildman–Crippen LogP) is 1.64. The van der Waals surface area contributed by atoms with E-state index in [-0.39, 0.29) is 4.90 Å². The van der Waals surface area contributed by atoms with Crippen molar-refractivity contribution in [1.29, 1.82) is 0 Å². The molecular formula is C12H15IN4O2S. The molecule has 0 spiro atoms. The maximum Gasteiger partial charge on any atom is 0.265 e. The van der Waals surface area contributed by atoms with Crippen LogP contribution in [0.3, 0.4) is 0 Å². The first-order valence-corrected chi connectivity index (χ1v) is 8.59. The van der Waals surface area contributed by atoms with Crippen molar-refractivity contribution < 1.29 is 8.42 Å². The maximum atomic E-state index is 12.2. The van der Waals surface area contributed by atoms with Gasteiger partial charge in [0.2, 0.25) is 0 Å². The van der Waals surface area contributed by atoms with Gasteiger partial charge in [-0.2, -0.15) is 5.10 Å². The van der Waals surface area contributed by atoms with Gasteiger partial charge in [0.05, 0.1) is 11.9 Å². The van der Waals surface area contributed by atoms with Crippen LogP contribution >= 0.6 is 22.6 Å². The molecule has 6 nitrogen and oxygen atoms in total. The fourth-order valence-corrected chi connectivity index (χ4v) is 3.34. The van der Waals surface area contributed by atoms with Gasteiger partial charge in [-0.25, -0.2) is 8.42 Å². The van der Waals surface area contributed by atoms with Gasteiger partial charge in [0.15, 0.2) is 0 Å². The quantitative estimate of drug-likeness (QED) is 0.714. The third-order valence-electron chi connectivity index (χ3n) is 2.63.